The molecule has 31 heavy (non-hydrogen) atoms. The molecule has 7 nitrogen and oxygen atoms in total. The van der Waals surface area contributed by atoms with Crippen LogP contribution in [0, 0.1) is 0 Å². The number of carbonyl (C=O) groups is 2. The average molecular weight is 464 g/mol. The predicted molar refractivity (Wildman–Crippen MR) is 119 cm³/mol. The van der Waals surface area contributed by atoms with Gasteiger partial charge in [0.25, 0.3) is 5.91 Å². The number of carbonyl (C=O) groups excluding carboxylic acids is 2. The summed E-state index contributed by atoms with van der Waals surface area (Å²) >= 11 is 5.94. The lowest BCUT2D eigenvalue weighted by Crippen LogP contribution is -2.49. The maximum Gasteiger partial charge on any atom is 0.254 e. The van der Waals surface area contributed by atoms with Gasteiger partial charge in [-0.2, -0.15) is 4.31 Å². The Morgan fingerprint density at radius 2 is 1.65 bits per heavy atom. The van der Waals surface area contributed by atoms with E-state index in [2.05, 4.69) is 0 Å². The van der Waals surface area contributed by atoms with Gasteiger partial charge >= 0.3 is 0 Å². The molecule has 0 aliphatic carbocycles. The quantitative estimate of drug-likeness (QED) is 0.682. The fourth-order valence-electron chi connectivity index (χ4n) is 3.53. The zero-order chi connectivity index (χ0) is 22.8. The molecular formula is C22H26ClN3O4S. The molecule has 1 saturated heterocycles. The molecule has 1 unspecified atom stereocenters. The van der Waals surface area contributed by atoms with Crippen molar-refractivity contribution in [3.05, 3.63) is 64.7 Å². The molecule has 0 N–H and O–H groups in total. The van der Waals surface area contributed by atoms with Crippen molar-refractivity contribution in [1.82, 2.24) is 14.1 Å². The summed E-state index contributed by atoms with van der Waals surface area (Å²) in [4.78, 5) is 27.8. The standard InChI is InChI=1S/C22H26ClN3O4S/c1-16(18-7-9-20(23)10-8-18)24(3)22(28)19-5-4-6-21(15-19)31(29,30)26-13-11-25(12-14-26)17(2)27/h4-10,15-16H,11-14H2,1-3H3. The maximum atomic E-state index is 13.1. The van der Waals surface area contributed by atoms with Gasteiger partial charge in [0.05, 0.1) is 10.9 Å². The van der Waals surface area contributed by atoms with Crippen molar-refractivity contribution in [1.29, 1.82) is 0 Å². The molecule has 9 heteroatoms. The molecule has 1 fully saturated rings. The van der Waals surface area contributed by atoms with E-state index in [1.54, 1.807) is 41.1 Å². The van der Waals surface area contributed by atoms with Crippen molar-refractivity contribution < 1.29 is 18.0 Å². The van der Waals surface area contributed by atoms with E-state index in [9.17, 15) is 18.0 Å². The van der Waals surface area contributed by atoms with Crippen LogP contribution in [0.4, 0.5) is 0 Å². The van der Waals surface area contributed by atoms with E-state index in [1.165, 1.54) is 23.4 Å². The fraction of sp³-hybridized carbons (Fsp3) is 0.364. The Kier molecular flexibility index (Phi) is 7.03. The first-order chi connectivity index (χ1) is 14.6. The molecule has 2 aromatic carbocycles. The van der Waals surface area contributed by atoms with Crippen LogP contribution in [0.1, 0.15) is 35.8 Å². The zero-order valence-corrected chi connectivity index (χ0v) is 19.4. The van der Waals surface area contributed by atoms with E-state index in [1.807, 2.05) is 19.1 Å². The molecule has 1 aliphatic rings. The second-order valence-electron chi connectivity index (χ2n) is 7.58. The molecule has 166 valence electrons. The molecule has 0 saturated carbocycles. The third-order valence-corrected chi connectivity index (χ3v) is 7.80. The molecule has 2 aromatic rings. The molecule has 2 amide bonds. The lowest BCUT2D eigenvalue weighted by Gasteiger charge is -2.33. The Balaban J connectivity index is 1.78. The van der Waals surface area contributed by atoms with Gasteiger partial charge in [-0.1, -0.05) is 29.8 Å². The van der Waals surface area contributed by atoms with Crippen molar-refractivity contribution >= 4 is 33.4 Å². The van der Waals surface area contributed by atoms with Gasteiger partial charge in [-0.25, -0.2) is 8.42 Å². The van der Waals surface area contributed by atoms with Gasteiger partial charge in [0.2, 0.25) is 15.9 Å². The summed E-state index contributed by atoms with van der Waals surface area (Å²) in [6.07, 6.45) is 0. The van der Waals surface area contributed by atoms with Crippen LogP contribution in [0.25, 0.3) is 0 Å². The zero-order valence-electron chi connectivity index (χ0n) is 17.8. The molecular weight excluding hydrogens is 438 g/mol. The van der Waals surface area contributed by atoms with Crippen molar-refractivity contribution in [3.8, 4) is 0 Å². The number of rotatable bonds is 5. The van der Waals surface area contributed by atoms with Gasteiger partial charge in [-0.3, -0.25) is 9.59 Å². The third-order valence-electron chi connectivity index (χ3n) is 5.66. The molecule has 0 spiro atoms. The Morgan fingerprint density at radius 3 is 2.23 bits per heavy atom. The number of halogens is 1. The lowest BCUT2D eigenvalue weighted by atomic mass is 10.1. The summed E-state index contributed by atoms with van der Waals surface area (Å²) in [5, 5.41) is 0.618. The number of piperazine rings is 1. The maximum absolute atomic E-state index is 13.1. The van der Waals surface area contributed by atoms with Crippen LogP contribution in [0.2, 0.25) is 5.02 Å². The average Bonchev–Trinajstić information content (AvgIpc) is 2.78. The van der Waals surface area contributed by atoms with Gasteiger partial charge in [-0.15, -0.1) is 0 Å². The summed E-state index contributed by atoms with van der Waals surface area (Å²) in [6.45, 7) is 4.54. The minimum atomic E-state index is -3.76. The van der Waals surface area contributed by atoms with Gasteiger partial charge < -0.3 is 9.80 Å². The van der Waals surface area contributed by atoms with Crippen LogP contribution in [-0.2, 0) is 14.8 Å². The first kappa shape index (κ1) is 23.2. The summed E-state index contributed by atoms with van der Waals surface area (Å²) in [5.41, 5.74) is 1.22. The van der Waals surface area contributed by atoms with Gasteiger partial charge in [0, 0.05) is 50.7 Å². The van der Waals surface area contributed by atoms with Crippen LogP contribution in [0.5, 0.6) is 0 Å². The van der Waals surface area contributed by atoms with E-state index < -0.39 is 10.0 Å². The topological polar surface area (TPSA) is 78.0 Å². The number of hydrogen-bond donors (Lipinski definition) is 0. The minimum Gasteiger partial charge on any atom is -0.340 e. The summed E-state index contributed by atoms with van der Waals surface area (Å²) in [5.74, 6) is -0.344. The highest BCUT2D eigenvalue weighted by atomic mass is 35.5. The first-order valence-electron chi connectivity index (χ1n) is 9.99. The molecule has 1 aliphatic heterocycles. The van der Waals surface area contributed by atoms with Gasteiger partial charge in [-0.05, 0) is 42.8 Å². The van der Waals surface area contributed by atoms with E-state index in [4.69, 9.17) is 11.6 Å². The second kappa shape index (κ2) is 9.38. The Morgan fingerprint density at radius 1 is 1.03 bits per heavy atom. The minimum absolute atomic E-state index is 0.0671. The number of benzene rings is 2. The highest BCUT2D eigenvalue weighted by Gasteiger charge is 2.30. The van der Waals surface area contributed by atoms with E-state index in [-0.39, 0.29) is 35.8 Å². The monoisotopic (exact) mass is 463 g/mol. The predicted octanol–water partition coefficient (Wildman–Crippen LogP) is 3.03. The third kappa shape index (κ3) is 5.08. The lowest BCUT2D eigenvalue weighted by molar-refractivity contribution is -0.129. The van der Waals surface area contributed by atoms with Crippen LogP contribution in [-0.4, -0.2) is 67.6 Å². The molecule has 3 rings (SSSR count). The smallest absolute Gasteiger partial charge is 0.254 e. The summed E-state index contributed by atoms with van der Waals surface area (Å²) in [7, 11) is -2.08. The largest absolute Gasteiger partial charge is 0.340 e. The Hall–Kier alpha value is -2.42. The van der Waals surface area contributed by atoms with Crippen LogP contribution in [0.3, 0.4) is 0 Å². The Bertz CT molecular complexity index is 1060. The van der Waals surface area contributed by atoms with Gasteiger partial charge in [0.1, 0.15) is 0 Å². The molecule has 1 heterocycles. The van der Waals surface area contributed by atoms with Crippen molar-refractivity contribution in [2.24, 2.45) is 0 Å². The number of sulfonamides is 1. The first-order valence-corrected chi connectivity index (χ1v) is 11.8. The highest BCUT2D eigenvalue weighted by Crippen LogP contribution is 2.24. The molecule has 0 bridgehead atoms. The van der Waals surface area contributed by atoms with E-state index in [0.717, 1.165) is 5.56 Å². The van der Waals surface area contributed by atoms with Crippen LogP contribution in [0.15, 0.2) is 53.4 Å². The number of amides is 2. The van der Waals surface area contributed by atoms with Crippen molar-refractivity contribution in [3.63, 3.8) is 0 Å². The normalized spacial score (nSPS) is 16.1. The van der Waals surface area contributed by atoms with Gasteiger partial charge in [0.15, 0.2) is 0 Å². The fourth-order valence-corrected chi connectivity index (χ4v) is 5.12. The number of nitrogens with zero attached hydrogens (tertiary/aromatic N) is 3. The highest BCUT2D eigenvalue weighted by molar-refractivity contribution is 7.89. The van der Waals surface area contributed by atoms with Crippen LogP contribution >= 0.6 is 11.6 Å². The molecule has 0 aromatic heterocycles. The summed E-state index contributed by atoms with van der Waals surface area (Å²) in [6, 6.07) is 13.1. The van der Waals surface area contributed by atoms with Crippen molar-refractivity contribution in [2.75, 3.05) is 33.2 Å². The van der Waals surface area contributed by atoms with E-state index >= 15 is 0 Å². The van der Waals surface area contributed by atoms with Crippen LogP contribution < -0.4 is 0 Å². The Labute approximate surface area is 188 Å². The molecule has 1 atom stereocenters. The second-order valence-corrected chi connectivity index (χ2v) is 9.96. The van der Waals surface area contributed by atoms with Crippen molar-refractivity contribution in [2.45, 2.75) is 24.8 Å². The molecule has 0 radical (unpaired) electrons. The summed E-state index contributed by atoms with van der Waals surface area (Å²) < 4.78 is 27.5. The SMILES string of the molecule is CC(=O)N1CCN(S(=O)(=O)c2cccc(C(=O)N(C)C(C)c3ccc(Cl)cc3)c2)CC1. The van der Waals surface area contributed by atoms with E-state index in [0.29, 0.717) is 23.7 Å². The number of hydrogen-bond acceptors (Lipinski definition) is 4.